The van der Waals surface area contributed by atoms with Crippen LogP contribution in [0.15, 0.2) is 29.8 Å². The van der Waals surface area contributed by atoms with Crippen molar-refractivity contribution >= 4 is 11.6 Å². The van der Waals surface area contributed by atoms with Gasteiger partial charge in [-0.25, -0.2) is 0 Å². The third-order valence-electron chi connectivity index (χ3n) is 4.13. The van der Waals surface area contributed by atoms with Crippen LogP contribution in [0.25, 0.3) is 0 Å². The van der Waals surface area contributed by atoms with Crippen LogP contribution in [0.1, 0.15) is 62.6 Å². The number of benzene rings is 1. The zero-order chi connectivity index (χ0) is 14.4. The fourth-order valence-electron chi connectivity index (χ4n) is 2.93. The van der Waals surface area contributed by atoms with Gasteiger partial charge in [0.1, 0.15) is 0 Å². The molecule has 0 spiro atoms. The van der Waals surface area contributed by atoms with E-state index in [1.807, 2.05) is 0 Å². The minimum atomic E-state index is 0.330. The Morgan fingerprint density at radius 1 is 1.20 bits per heavy atom. The van der Waals surface area contributed by atoms with Crippen molar-refractivity contribution in [3.8, 4) is 0 Å². The third-order valence-corrected chi connectivity index (χ3v) is 4.54. The van der Waals surface area contributed by atoms with Crippen LogP contribution in [0.5, 0.6) is 0 Å². The van der Waals surface area contributed by atoms with E-state index in [1.165, 1.54) is 44.1 Å². The van der Waals surface area contributed by atoms with Gasteiger partial charge in [-0.2, -0.15) is 0 Å². The van der Waals surface area contributed by atoms with Gasteiger partial charge in [0.2, 0.25) is 0 Å². The van der Waals surface area contributed by atoms with Crippen molar-refractivity contribution in [2.75, 3.05) is 6.54 Å². The summed E-state index contributed by atoms with van der Waals surface area (Å²) >= 11 is 6.31. The van der Waals surface area contributed by atoms with E-state index in [0.717, 1.165) is 17.1 Å². The molecular weight excluding hydrogens is 266 g/mol. The van der Waals surface area contributed by atoms with Gasteiger partial charge >= 0.3 is 0 Å². The Bertz CT molecular complexity index is 464. The van der Waals surface area contributed by atoms with Gasteiger partial charge in [0, 0.05) is 5.02 Å². The van der Waals surface area contributed by atoms with Gasteiger partial charge in [0.15, 0.2) is 0 Å². The quantitative estimate of drug-likeness (QED) is 0.714. The molecule has 1 aromatic carbocycles. The van der Waals surface area contributed by atoms with E-state index in [4.69, 9.17) is 11.6 Å². The average molecular weight is 292 g/mol. The second-order valence-corrected chi connectivity index (χ2v) is 6.14. The summed E-state index contributed by atoms with van der Waals surface area (Å²) in [6.07, 6.45) is 10.3. The number of allylic oxidation sites excluding steroid dienone is 1. The minimum absolute atomic E-state index is 0.330. The van der Waals surface area contributed by atoms with Gasteiger partial charge in [0.05, 0.1) is 6.04 Å². The van der Waals surface area contributed by atoms with E-state index in [2.05, 4.69) is 43.4 Å². The molecule has 0 heterocycles. The summed E-state index contributed by atoms with van der Waals surface area (Å²) < 4.78 is 0. The molecule has 0 aliphatic heterocycles. The Labute approximate surface area is 128 Å². The largest absolute Gasteiger partial charge is 0.307 e. The summed E-state index contributed by atoms with van der Waals surface area (Å²) in [4.78, 5) is 0. The van der Waals surface area contributed by atoms with Crippen LogP contribution in [-0.4, -0.2) is 6.54 Å². The predicted octanol–water partition coefficient (Wildman–Crippen LogP) is 5.58. The topological polar surface area (TPSA) is 12.0 Å². The number of likely N-dealkylation sites (N-methyl/N-ethyl adjacent to an activating group) is 1. The number of aryl methyl sites for hydroxylation is 1. The molecule has 1 N–H and O–H groups in total. The van der Waals surface area contributed by atoms with Crippen LogP contribution in [0, 0.1) is 6.92 Å². The Morgan fingerprint density at radius 3 is 2.75 bits per heavy atom. The number of halogens is 1. The van der Waals surface area contributed by atoms with Crippen LogP contribution < -0.4 is 5.32 Å². The van der Waals surface area contributed by atoms with Gasteiger partial charge in [-0.15, -0.1) is 0 Å². The smallest absolute Gasteiger partial charge is 0.0536 e. The second kappa shape index (κ2) is 7.85. The molecule has 0 bridgehead atoms. The lowest BCUT2D eigenvalue weighted by Crippen LogP contribution is -2.23. The van der Waals surface area contributed by atoms with Crippen molar-refractivity contribution in [1.82, 2.24) is 5.32 Å². The normalized spacial score (nSPS) is 20.6. The molecule has 0 saturated carbocycles. The highest BCUT2D eigenvalue weighted by molar-refractivity contribution is 6.31. The van der Waals surface area contributed by atoms with Gasteiger partial charge in [0.25, 0.3) is 0 Å². The lowest BCUT2D eigenvalue weighted by molar-refractivity contribution is 0.554. The first kappa shape index (κ1) is 15.6. The van der Waals surface area contributed by atoms with Gasteiger partial charge in [-0.05, 0) is 56.3 Å². The Balaban J connectivity index is 2.26. The van der Waals surface area contributed by atoms with Crippen molar-refractivity contribution in [2.45, 2.75) is 58.4 Å². The first-order chi connectivity index (χ1) is 9.72. The Hall–Kier alpha value is -0.790. The molecule has 1 aliphatic rings. The zero-order valence-electron chi connectivity index (χ0n) is 12.7. The molecule has 2 rings (SSSR count). The van der Waals surface area contributed by atoms with Crippen LogP contribution in [0.3, 0.4) is 0 Å². The standard InChI is InChI=1S/C18H26ClN/c1-3-20-18(15-9-7-5-4-6-8-10-15)16-12-11-14(2)17(19)13-16/h9,11-13,18,20H,3-8,10H2,1-2H3/b15-9+. The molecular formula is C18H26ClN. The van der Waals surface area contributed by atoms with Crippen LogP contribution in [0.2, 0.25) is 5.02 Å². The van der Waals surface area contributed by atoms with Gasteiger partial charge < -0.3 is 5.32 Å². The van der Waals surface area contributed by atoms with Crippen molar-refractivity contribution in [2.24, 2.45) is 0 Å². The molecule has 2 heteroatoms. The van der Waals surface area contributed by atoms with E-state index >= 15 is 0 Å². The highest BCUT2D eigenvalue weighted by Crippen LogP contribution is 2.30. The fraction of sp³-hybridized carbons (Fsp3) is 0.556. The average Bonchev–Trinajstić information content (AvgIpc) is 2.40. The Kier molecular flexibility index (Phi) is 6.12. The van der Waals surface area contributed by atoms with Gasteiger partial charge in [-0.1, -0.05) is 55.1 Å². The maximum atomic E-state index is 6.31. The third kappa shape index (κ3) is 4.10. The first-order valence-electron chi connectivity index (χ1n) is 7.90. The summed E-state index contributed by atoms with van der Waals surface area (Å²) in [5.41, 5.74) is 4.00. The monoisotopic (exact) mass is 291 g/mol. The van der Waals surface area contributed by atoms with Crippen molar-refractivity contribution in [3.63, 3.8) is 0 Å². The van der Waals surface area contributed by atoms with Crippen molar-refractivity contribution < 1.29 is 0 Å². The van der Waals surface area contributed by atoms with E-state index in [1.54, 1.807) is 5.57 Å². The van der Waals surface area contributed by atoms with E-state index in [0.29, 0.717) is 6.04 Å². The molecule has 20 heavy (non-hydrogen) atoms. The summed E-state index contributed by atoms with van der Waals surface area (Å²) in [7, 11) is 0. The van der Waals surface area contributed by atoms with Gasteiger partial charge in [-0.3, -0.25) is 0 Å². The molecule has 0 aromatic heterocycles. The molecule has 1 aromatic rings. The first-order valence-corrected chi connectivity index (χ1v) is 8.28. The van der Waals surface area contributed by atoms with E-state index < -0.39 is 0 Å². The van der Waals surface area contributed by atoms with Crippen molar-refractivity contribution in [1.29, 1.82) is 0 Å². The summed E-state index contributed by atoms with van der Waals surface area (Å²) in [6.45, 7) is 5.21. The van der Waals surface area contributed by atoms with Crippen LogP contribution in [0.4, 0.5) is 0 Å². The summed E-state index contributed by atoms with van der Waals surface area (Å²) in [6, 6.07) is 6.81. The number of hydrogen-bond donors (Lipinski definition) is 1. The van der Waals surface area contributed by atoms with Crippen LogP contribution >= 0.6 is 11.6 Å². The SMILES string of the molecule is CCNC(/C1=C/CCCCCC1)c1ccc(C)c(Cl)c1. The Morgan fingerprint density at radius 2 is 2.00 bits per heavy atom. The number of nitrogens with one attached hydrogen (secondary N) is 1. The highest BCUT2D eigenvalue weighted by Gasteiger charge is 2.17. The molecule has 1 aliphatic carbocycles. The molecule has 0 fully saturated rings. The van der Waals surface area contributed by atoms with Crippen molar-refractivity contribution in [3.05, 3.63) is 46.0 Å². The molecule has 1 unspecified atom stereocenters. The number of hydrogen-bond acceptors (Lipinski definition) is 1. The molecule has 0 saturated heterocycles. The predicted molar refractivity (Wildman–Crippen MR) is 88.4 cm³/mol. The maximum absolute atomic E-state index is 6.31. The van der Waals surface area contributed by atoms with E-state index in [9.17, 15) is 0 Å². The van der Waals surface area contributed by atoms with E-state index in [-0.39, 0.29) is 0 Å². The highest BCUT2D eigenvalue weighted by atomic mass is 35.5. The second-order valence-electron chi connectivity index (χ2n) is 5.73. The molecule has 0 radical (unpaired) electrons. The summed E-state index contributed by atoms with van der Waals surface area (Å²) in [5, 5.41) is 4.51. The zero-order valence-corrected chi connectivity index (χ0v) is 13.5. The molecule has 0 amide bonds. The molecule has 110 valence electrons. The van der Waals surface area contributed by atoms with Crippen LogP contribution in [-0.2, 0) is 0 Å². The molecule has 1 nitrogen and oxygen atoms in total. The fourth-order valence-corrected chi connectivity index (χ4v) is 3.12. The lowest BCUT2D eigenvalue weighted by Gasteiger charge is -2.24. The number of rotatable bonds is 4. The minimum Gasteiger partial charge on any atom is -0.307 e. The molecule has 1 atom stereocenters. The maximum Gasteiger partial charge on any atom is 0.0536 e. The summed E-state index contributed by atoms with van der Waals surface area (Å²) in [5.74, 6) is 0. The lowest BCUT2D eigenvalue weighted by atomic mass is 9.90.